The molecule has 204 valence electrons. The Morgan fingerprint density at radius 1 is 1.23 bits per heavy atom. The number of carbonyl (C=O) groups excluding carboxylic acids is 1. The highest BCUT2D eigenvalue weighted by Gasteiger charge is 2.16. The average Bonchev–Trinajstić information content (AvgIpc) is 3.35. The summed E-state index contributed by atoms with van der Waals surface area (Å²) in [7, 11) is 5.59. The summed E-state index contributed by atoms with van der Waals surface area (Å²) in [5.41, 5.74) is 3.33. The van der Waals surface area contributed by atoms with Crippen LogP contribution in [0.5, 0.6) is 5.75 Å². The Hall–Kier alpha value is -3.96. The minimum absolute atomic E-state index is 0.125. The van der Waals surface area contributed by atoms with Crippen molar-refractivity contribution in [2.75, 3.05) is 44.1 Å². The summed E-state index contributed by atoms with van der Waals surface area (Å²) in [5, 5.41) is 6.06. The third-order valence-corrected chi connectivity index (χ3v) is 6.96. The number of anilines is 3. The minimum atomic E-state index is -0.415. The fraction of sp³-hybridized carbons (Fsp3) is 0.286. The molecule has 0 saturated carbocycles. The van der Waals surface area contributed by atoms with Crippen LogP contribution in [0.4, 0.5) is 21.7 Å². The van der Waals surface area contributed by atoms with E-state index in [4.69, 9.17) is 4.74 Å². The molecule has 2 heterocycles. The summed E-state index contributed by atoms with van der Waals surface area (Å²) in [6.45, 7) is 8.46. The first-order valence-electron chi connectivity index (χ1n) is 12.4. The van der Waals surface area contributed by atoms with Crippen molar-refractivity contribution in [2.24, 2.45) is 0 Å². The molecule has 0 aliphatic rings. The Balaban J connectivity index is 1.68. The van der Waals surface area contributed by atoms with E-state index in [0.717, 1.165) is 17.2 Å². The number of hydrogen-bond acceptors (Lipinski definition) is 8. The largest absolute Gasteiger partial charge is 0.495 e. The second-order valence-corrected chi connectivity index (χ2v) is 10.5. The number of amides is 1. The van der Waals surface area contributed by atoms with E-state index in [0.29, 0.717) is 39.4 Å². The second kappa shape index (κ2) is 12.3. The standard InChI is InChI=1S/C28H32FN7O2S/c1-7-26(37)32-22-14-21(24(38-6)15-25(22)39-11-10-35(4)5)34-28-30-9-8-20(33-28)18-12-19(29)27-23(13-18)36(16-31-27)17(2)3/h7-9,12-17H,1,10-11H2,2-6H3,(H,32,37)(H,30,33,34). The summed E-state index contributed by atoms with van der Waals surface area (Å²) in [5.74, 6) is 0.930. The molecule has 0 aliphatic heterocycles. The first kappa shape index (κ1) is 28.1. The van der Waals surface area contributed by atoms with Gasteiger partial charge in [0.05, 0.1) is 36.0 Å². The van der Waals surface area contributed by atoms with E-state index in [1.807, 2.05) is 44.6 Å². The highest BCUT2D eigenvalue weighted by molar-refractivity contribution is 7.99. The fourth-order valence-corrected chi connectivity index (χ4v) is 5.05. The number of nitrogens with one attached hydrogen (secondary N) is 2. The van der Waals surface area contributed by atoms with E-state index in [1.54, 1.807) is 43.5 Å². The number of imidazole rings is 1. The summed E-state index contributed by atoms with van der Waals surface area (Å²) < 4.78 is 22.5. The molecule has 39 heavy (non-hydrogen) atoms. The maximum Gasteiger partial charge on any atom is 0.247 e. The predicted molar refractivity (Wildman–Crippen MR) is 155 cm³/mol. The number of thioether (sulfide) groups is 1. The number of ether oxygens (including phenoxy) is 1. The van der Waals surface area contributed by atoms with Crippen LogP contribution in [-0.4, -0.2) is 63.8 Å². The topological polar surface area (TPSA) is 97.2 Å². The molecule has 0 aliphatic carbocycles. The highest BCUT2D eigenvalue weighted by atomic mass is 32.2. The van der Waals surface area contributed by atoms with Gasteiger partial charge in [0.2, 0.25) is 11.9 Å². The van der Waals surface area contributed by atoms with Gasteiger partial charge in [-0.05, 0) is 64.4 Å². The van der Waals surface area contributed by atoms with Crippen molar-refractivity contribution in [1.82, 2.24) is 24.4 Å². The molecule has 4 aromatic rings. The number of rotatable bonds is 11. The molecule has 9 nitrogen and oxygen atoms in total. The van der Waals surface area contributed by atoms with Gasteiger partial charge in [-0.25, -0.2) is 19.3 Å². The zero-order valence-electron chi connectivity index (χ0n) is 22.7. The lowest BCUT2D eigenvalue weighted by atomic mass is 10.1. The van der Waals surface area contributed by atoms with Gasteiger partial charge in [0.15, 0.2) is 5.82 Å². The molecule has 0 spiro atoms. The van der Waals surface area contributed by atoms with Crippen LogP contribution in [0.1, 0.15) is 19.9 Å². The SMILES string of the molecule is C=CC(=O)Nc1cc(Nc2nccc(-c3cc(F)c4ncn(C(C)C)c4c3)n2)c(OC)cc1SCCN(C)C. The van der Waals surface area contributed by atoms with Gasteiger partial charge in [0, 0.05) is 35.0 Å². The van der Waals surface area contributed by atoms with Crippen LogP contribution in [0, 0.1) is 5.82 Å². The van der Waals surface area contributed by atoms with Crippen LogP contribution in [0.2, 0.25) is 0 Å². The van der Waals surface area contributed by atoms with Gasteiger partial charge < -0.3 is 24.8 Å². The van der Waals surface area contributed by atoms with E-state index >= 15 is 0 Å². The summed E-state index contributed by atoms with van der Waals surface area (Å²) in [4.78, 5) is 28.3. The van der Waals surface area contributed by atoms with Gasteiger partial charge in [-0.2, -0.15) is 0 Å². The van der Waals surface area contributed by atoms with Crippen LogP contribution < -0.4 is 15.4 Å². The number of carbonyl (C=O) groups is 1. The molecule has 0 fully saturated rings. The van der Waals surface area contributed by atoms with Crippen LogP contribution in [0.25, 0.3) is 22.3 Å². The number of benzene rings is 2. The van der Waals surface area contributed by atoms with Gasteiger partial charge in [-0.3, -0.25) is 4.79 Å². The number of fused-ring (bicyclic) bond motifs is 1. The van der Waals surface area contributed by atoms with Gasteiger partial charge in [-0.1, -0.05) is 6.58 Å². The zero-order valence-corrected chi connectivity index (χ0v) is 23.5. The third-order valence-electron chi connectivity index (χ3n) is 5.93. The number of aromatic nitrogens is 4. The van der Waals surface area contributed by atoms with Crippen molar-refractivity contribution in [2.45, 2.75) is 24.8 Å². The Kier molecular flexibility index (Phi) is 8.82. The molecule has 2 aromatic heterocycles. The van der Waals surface area contributed by atoms with E-state index in [9.17, 15) is 9.18 Å². The lowest BCUT2D eigenvalue weighted by Crippen LogP contribution is -2.15. The molecule has 1 amide bonds. The highest BCUT2D eigenvalue weighted by Crippen LogP contribution is 2.38. The summed E-state index contributed by atoms with van der Waals surface area (Å²) in [6.07, 6.45) is 4.47. The Morgan fingerprint density at radius 3 is 2.72 bits per heavy atom. The molecule has 2 N–H and O–H groups in total. The maximum atomic E-state index is 14.9. The normalized spacial score (nSPS) is 11.3. The van der Waals surface area contributed by atoms with Gasteiger partial charge >= 0.3 is 0 Å². The maximum absolute atomic E-state index is 14.9. The molecule has 0 atom stereocenters. The van der Waals surface area contributed by atoms with Gasteiger partial charge in [-0.15, -0.1) is 11.8 Å². The Labute approximate surface area is 231 Å². The zero-order chi connectivity index (χ0) is 28.1. The smallest absolute Gasteiger partial charge is 0.247 e. The lowest BCUT2D eigenvalue weighted by molar-refractivity contribution is -0.111. The van der Waals surface area contributed by atoms with Crippen LogP contribution in [0.15, 0.2) is 60.4 Å². The molecule has 11 heteroatoms. The van der Waals surface area contributed by atoms with E-state index < -0.39 is 5.82 Å². The van der Waals surface area contributed by atoms with Gasteiger partial charge in [0.25, 0.3) is 0 Å². The van der Waals surface area contributed by atoms with Crippen molar-refractivity contribution < 1.29 is 13.9 Å². The number of methoxy groups -OCH3 is 1. The van der Waals surface area contributed by atoms with Crippen molar-refractivity contribution in [3.63, 3.8) is 0 Å². The molecular weight excluding hydrogens is 517 g/mol. The number of hydrogen-bond donors (Lipinski definition) is 2. The fourth-order valence-electron chi connectivity index (χ4n) is 3.92. The molecule has 2 aromatic carbocycles. The Morgan fingerprint density at radius 2 is 2.03 bits per heavy atom. The molecule has 0 radical (unpaired) electrons. The van der Waals surface area contributed by atoms with E-state index in [2.05, 4.69) is 37.1 Å². The molecule has 0 unspecified atom stereocenters. The Bertz CT molecular complexity index is 1500. The van der Waals surface area contributed by atoms with E-state index in [-0.39, 0.29) is 17.9 Å². The lowest BCUT2D eigenvalue weighted by Gasteiger charge is -2.17. The van der Waals surface area contributed by atoms with Crippen LogP contribution in [-0.2, 0) is 4.79 Å². The predicted octanol–water partition coefficient (Wildman–Crippen LogP) is 5.74. The van der Waals surface area contributed by atoms with Crippen molar-refractivity contribution >= 4 is 46.0 Å². The van der Waals surface area contributed by atoms with E-state index in [1.165, 1.54) is 12.1 Å². The first-order valence-corrected chi connectivity index (χ1v) is 13.4. The first-order chi connectivity index (χ1) is 18.7. The van der Waals surface area contributed by atoms with Gasteiger partial charge in [0.1, 0.15) is 11.3 Å². The second-order valence-electron chi connectivity index (χ2n) is 9.36. The summed E-state index contributed by atoms with van der Waals surface area (Å²) in [6, 6.07) is 8.79. The minimum Gasteiger partial charge on any atom is -0.495 e. The molecule has 0 saturated heterocycles. The number of halogens is 1. The quantitative estimate of drug-likeness (QED) is 0.181. The number of nitrogens with zero attached hydrogens (tertiary/aromatic N) is 5. The molecule has 0 bridgehead atoms. The molecular formula is C28H32FN7O2S. The van der Waals surface area contributed by atoms with Crippen molar-refractivity contribution in [3.05, 3.63) is 61.3 Å². The monoisotopic (exact) mass is 549 g/mol. The molecule has 4 rings (SSSR count). The van der Waals surface area contributed by atoms with Crippen LogP contribution in [0.3, 0.4) is 0 Å². The van der Waals surface area contributed by atoms with Crippen molar-refractivity contribution in [3.8, 4) is 17.0 Å². The average molecular weight is 550 g/mol. The third kappa shape index (κ3) is 6.55. The van der Waals surface area contributed by atoms with Crippen molar-refractivity contribution in [1.29, 1.82) is 0 Å². The summed E-state index contributed by atoms with van der Waals surface area (Å²) >= 11 is 1.61. The van der Waals surface area contributed by atoms with Crippen LogP contribution >= 0.6 is 11.8 Å².